The standard InChI is InChI=1S/C28H28FN3O3/c1-28(17-22-18-31-25-10-6-5-9-24(22)25,26(33)30-16-15-20-7-3-2-4-8-20)32(27(34)35)19-21-11-13-23(29)14-12-21/h2-14,18,31H,15-17,19H2,1H3,(H,30,33)(H,34,35)/t28-/m1/s1. The van der Waals surface area contributed by atoms with Crippen molar-refractivity contribution >= 4 is 22.9 Å². The van der Waals surface area contributed by atoms with Gasteiger partial charge in [-0.2, -0.15) is 0 Å². The number of aromatic nitrogens is 1. The number of rotatable bonds is 9. The molecule has 0 saturated carbocycles. The minimum Gasteiger partial charge on any atom is -0.465 e. The van der Waals surface area contributed by atoms with Crippen LogP contribution in [0.15, 0.2) is 85.1 Å². The van der Waals surface area contributed by atoms with Crippen LogP contribution in [0.3, 0.4) is 0 Å². The summed E-state index contributed by atoms with van der Waals surface area (Å²) in [6.07, 6.45) is 1.38. The Morgan fingerprint density at radius 1 is 0.971 bits per heavy atom. The number of para-hydroxylation sites is 1. The van der Waals surface area contributed by atoms with Gasteiger partial charge in [0.05, 0.1) is 6.54 Å². The molecule has 1 aromatic heterocycles. The van der Waals surface area contributed by atoms with Gasteiger partial charge in [-0.25, -0.2) is 9.18 Å². The highest BCUT2D eigenvalue weighted by Crippen LogP contribution is 2.28. The van der Waals surface area contributed by atoms with Crippen molar-refractivity contribution in [2.45, 2.75) is 31.8 Å². The number of benzene rings is 3. The van der Waals surface area contributed by atoms with E-state index in [4.69, 9.17) is 0 Å². The summed E-state index contributed by atoms with van der Waals surface area (Å²) in [6.45, 7) is 1.96. The van der Waals surface area contributed by atoms with E-state index in [1.54, 1.807) is 6.92 Å². The number of amides is 2. The van der Waals surface area contributed by atoms with Crippen molar-refractivity contribution in [1.29, 1.82) is 0 Å². The first kappa shape index (κ1) is 24.0. The Hall–Kier alpha value is -4.13. The van der Waals surface area contributed by atoms with Crippen LogP contribution in [0.2, 0.25) is 0 Å². The fourth-order valence-electron chi connectivity index (χ4n) is 4.33. The van der Waals surface area contributed by atoms with Crippen LogP contribution in [0.1, 0.15) is 23.6 Å². The Labute approximate surface area is 203 Å². The molecular weight excluding hydrogens is 445 g/mol. The van der Waals surface area contributed by atoms with E-state index in [2.05, 4.69) is 10.3 Å². The molecule has 0 spiro atoms. The van der Waals surface area contributed by atoms with Gasteiger partial charge in [-0.3, -0.25) is 9.69 Å². The highest BCUT2D eigenvalue weighted by Gasteiger charge is 2.43. The molecule has 0 aliphatic rings. The maximum absolute atomic E-state index is 13.6. The molecule has 0 unspecified atom stereocenters. The van der Waals surface area contributed by atoms with E-state index in [1.807, 2.05) is 60.8 Å². The average molecular weight is 474 g/mol. The molecule has 4 aromatic rings. The molecule has 6 nitrogen and oxygen atoms in total. The van der Waals surface area contributed by atoms with Crippen LogP contribution in [0.25, 0.3) is 10.9 Å². The molecule has 1 heterocycles. The number of nitrogens with zero attached hydrogens (tertiary/aromatic N) is 1. The van der Waals surface area contributed by atoms with Gasteiger partial charge in [-0.05, 0) is 48.2 Å². The Morgan fingerprint density at radius 3 is 2.37 bits per heavy atom. The van der Waals surface area contributed by atoms with Crippen LogP contribution in [0.4, 0.5) is 9.18 Å². The van der Waals surface area contributed by atoms with Crippen LogP contribution in [-0.2, 0) is 24.2 Å². The first-order chi connectivity index (χ1) is 16.9. The fraction of sp³-hybridized carbons (Fsp3) is 0.214. The quantitative estimate of drug-likeness (QED) is 0.314. The monoisotopic (exact) mass is 473 g/mol. The van der Waals surface area contributed by atoms with Crippen LogP contribution in [0, 0.1) is 5.82 Å². The van der Waals surface area contributed by atoms with Crippen LogP contribution in [0.5, 0.6) is 0 Å². The maximum Gasteiger partial charge on any atom is 0.408 e. The number of carbonyl (C=O) groups is 2. The van der Waals surface area contributed by atoms with E-state index in [1.165, 1.54) is 24.3 Å². The number of aromatic amines is 1. The first-order valence-electron chi connectivity index (χ1n) is 11.5. The summed E-state index contributed by atoms with van der Waals surface area (Å²) in [5, 5.41) is 14.1. The summed E-state index contributed by atoms with van der Waals surface area (Å²) in [5.41, 5.74) is 2.01. The minimum absolute atomic E-state index is 0.0550. The molecule has 1 atom stereocenters. The number of H-pyrrole nitrogens is 1. The highest BCUT2D eigenvalue weighted by molar-refractivity contribution is 5.91. The van der Waals surface area contributed by atoms with Crippen LogP contribution >= 0.6 is 0 Å². The van der Waals surface area contributed by atoms with Gasteiger partial charge in [-0.15, -0.1) is 0 Å². The van der Waals surface area contributed by atoms with Gasteiger partial charge >= 0.3 is 6.09 Å². The van der Waals surface area contributed by atoms with Crippen molar-refractivity contribution in [3.63, 3.8) is 0 Å². The van der Waals surface area contributed by atoms with Gasteiger partial charge in [0.15, 0.2) is 0 Å². The first-order valence-corrected chi connectivity index (χ1v) is 11.5. The van der Waals surface area contributed by atoms with E-state index >= 15 is 0 Å². The maximum atomic E-state index is 13.6. The van der Waals surface area contributed by atoms with Crippen LogP contribution in [-0.4, -0.2) is 39.1 Å². The zero-order chi connectivity index (χ0) is 24.8. The van der Waals surface area contributed by atoms with Crippen molar-refractivity contribution in [2.24, 2.45) is 0 Å². The van der Waals surface area contributed by atoms with E-state index in [0.717, 1.165) is 26.9 Å². The smallest absolute Gasteiger partial charge is 0.408 e. The number of halogens is 1. The van der Waals surface area contributed by atoms with Gasteiger partial charge in [0, 0.05) is 30.1 Å². The van der Waals surface area contributed by atoms with Gasteiger partial charge in [-0.1, -0.05) is 60.7 Å². The lowest BCUT2D eigenvalue weighted by Crippen LogP contribution is -2.59. The second-order valence-corrected chi connectivity index (χ2v) is 8.80. The predicted molar refractivity (Wildman–Crippen MR) is 134 cm³/mol. The summed E-state index contributed by atoms with van der Waals surface area (Å²) in [7, 11) is 0. The number of carboxylic acid groups (broad SMARTS) is 1. The molecule has 2 amide bonds. The number of nitrogens with one attached hydrogen (secondary N) is 2. The molecule has 3 N–H and O–H groups in total. The zero-order valence-electron chi connectivity index (χ0n) is 19.5. The van der Waals surface area contributed by atoms with E-state index in [0.29, 0.717) is 18.5 Å². The molecule has 0 radical (unpaired) electrons. The zero-order valence-corrected chi connectivity index (χ0v) is 19.5. The summed E-state index contributed by atoms with van der Waals surface area (Å²) in [4.78, 5) is 30.4. The number of hydrogen-bond acceptors (Lipinski definition) is 2. The SMILES string of the molecule is C[C@@](Cc1c[nH]c2ccccc12)(C(=O)NCCc1ccccc1)N(Cc1ccc(F)cc1)C(=O)O. The molecule has 3 aromatic carbocycles. The predicted octanol–water partition coefficient (Wildman–Crippen LogP) is 5.15. The molecule has 0 aliphatic carbocycles. The molecule has 0 bridgehead atoms. The molecule has 4 rings (SSSR count). The second kappa shape index (κ2) is 10.4. The Kier molecular flexibility index (Phi) is 7.15. The summed E-state index contributed by atoms with van der Waals surface area (Å²) < 4.78 is 13.4. The summed E-state index contributed by atoms with van der Waals surface area (Å²) >= 11 is 0. The minimum atomic E-state index is -1.41. The fourth-order valence-corrected chi connectivity index (χ4v) is 4.33. The lowest BCUT2D eigenvalue weighted by atomic mass is 9.89. The van der Waals surface area contributed by atoms with E-state index in [9.17, 15) is 19.1 Å². The Morgan fingerprint density at radius 2 is 1.66 bits per heavy atom. The van der Waals surface area contributed by atoms with Crippen LogP contribution < -0.4 is 5.32 Å². The van der Waals surface area contributed by atoms with Crippen molar-refractivity contribution < 1.29 is 19.1 Å². The number of carbonyl (C=O) groups excluding carboxylic acids is 1. The van der Waals surface area contributed by atoms with Gasteiger partial charge < -0.3 is 15.4 Å². The molecule has 0 saturated heterocycles. The molecule has 35 heavy (non-hydrogen) atoms. The normalized spacial score (nSPS) is 12.7. The second-order valence-electron chi connectivity index (χ2n) is 8.80. The topological polar surface area (TPSA) is 85.4 Å². The summed E-state index contributed by atoms with van der Waals surface area (Å²) in [5.74, 6) is -0.793. The van der Waals surface area contributed by atoms with E-state index < -0.39 is 17.4 Å². The third kappa shape index (κ3) is 5.51. The molecule has 0 fully saturated rings. The lowest BCUT2D eigenvalue weighted by molar-refractivity contribution is -0.132. The van der Waals surface area contributed by atoms with Crippen molar-refractivity contribution in [2.75, 3.05) is 6.54 Å². The Balaban J connectivity index is 1.64. The molecule has 180 valence electrons. The van der Waals surface area contributed by atoms with Crippen molar-refractivity contribution in [1.82, 2.24) is 15.2 Å². The number of fused-ring (bicyclic) bond motifs is 1. The van der Waals surface area contributed by atoms with Gasteiger partial charge in [0.1, 0.15) is 11.4 Å². The van der Waals surface area contributed by atoms with Gasteiger partial charge in [0.2, 0.25) is 5.91 Å². The van der Waals surface area contributed by atoms with Crippen molar-refractivity contribution in [3.05, 3.63) is 108 Å². The largest absolute Gasteiger partial charge is 0.465 e. The summed E-state index contributed by atoms with van der Waals surface area (Å²) in [6, 6.07) is 23.1. The Bertz CT molecular complexity index is 1300. The third-order valence-electron chi connectivity index (χ3n) is 6.32. The molecule has 0 aliphatic heterocycles. The molecule has 7 heteroatoms. The number of hydrogen-bond donors (Lipinski definition) is 3. The van der Waals surface area contributed by atoms with E-state index in [-0.39, 0.29) is 18.9 Å². The third-order valence-corrected chi connectivity index (χ3v) is 6.32. The molecular formula is C28H28FN3O3. The van der Waals surface area contributed by atoms with Gasteiger partial charge in [0.25, 0.3) is 0 Å². The highest BCUT2D eigenvalue weighted by atomic mass is 19.1. The lowest BCUT2D eigenvalue weighted by Gasteiger charge is -2.38. The average Bonchev–Trinajstić information content (AvgIpc) is 3.26. The van der Waals surface area contributed by atoms with Crippen molar-refractivity contribution in [3.8, 4) is 0 Å².